The molecule has 0 spiro atoms. The van der Waals surface area contributed by atoms with Crippen LogP contribution in [0.15, 0.2) is 23.5 Å². The van der Waals surface area contributed by atoms with Gasteiger partial charge in [-0.3, -0.25) is 0 Å². The molecule has 0 aromatic rings. The maximum absolute atomic E-state index is 10.3. The molecule has 0 amide bonds. The fourth-order valence-electron chi connectivity index (χ4n) is 0.868. The maximum Gasteiger partial charge on any atom is 0.335 e. The number of aliphatic hydroxyl groups is 1. The Balaban J connectivity index is 2.89. The fourth-order valence-corrected chi connectivity index (χ4v) is 0.868. The van der Waals surface area contributed by atoms with E-state index in [2.05, 4.69) is 0 Å². The Kier molecular flexibility index (Phi) is 1.76. The summed E-state index contributed by atoms with van der Waals surface area (Å²) in [5.41, 5.74) is 0.113. The Morgan fingerprint density at radius 1 is 1.60 bits per heavy atom. The molecule has 1 aliphatic carbocycles. The van der Waals surface area contributed by atoms with E-state index in [1.165, 1.54) is 6.08 Å². The number of carboxylic acids is 1. The predicted octanol–water partition coefficient (Wildman–Crippen LogP) is 1.23. The van der Waals surface area contributed by atoms with Gasteiger partial charge in [0.1, 0.15) is 5.76 Å². The highest BCUT2D eigenvalue weighted by molar-refractivity contribution is 5.87. The van der Waals surface area contributed by atoms with Crippen LogP contribution in [0.2, 0.25) is 0 Å². The Hall–Kier alpha value is -1.25. The summed E-state index contributed by atoms with van der Waals surface area (Å²) in [7, 11) is 0. The van der Waals surface area contributed by atoms with Gasteiger partial charge < -0.3 is 10.2 Å². The van der Waals surface area contributed by atoms with Crippen LogP contribution in [-0.2, 0) is 4.79 Å². The van der Waals surface area contributed by atoms with E-state index in [1.54, 1.807) is 6.08 Å². The summed E-state index contributed by atoms with van der Waals surface area (Å²) in [6.45, 7) is 0. The van der Waals surface area contributed by atoms with E-state index in [9.17, 15) is 4.79 Å². The fraction of sp³-hybridized carbons (Fsp3) is 0.286. The van der Waals surface area contributed by atoms with E-state index in [1.807, 2.05) is 0 Å². The lowest BCUT2D eigenvalue weighted by molar-refractivity contribution is -0.133. The number of hydrogen-bond donors (Lipinski definition) is 2. The van der Waals surface area contributed by atoms with Crippen molar-refractivity contribution < 1.29 is 15.0 Å². The molecular formula is C7H8O3. The van der Waals surface area contributed by atoms with Crippen LogP contribution < -0.4 is 0 Å². The highest BCUT2D eigenvalue weighted by Gasteiger charge is 2.13. The molecule has 2 N–H and O–H groups in total. The Morgan fingerprint density at radius 2 is 2.30 bits per heavy atom. The predicted molar refractivity (Wildman–Crippen MR) is 35.7 cm³/mol. The van der Waals surface area contributed by atoms with E-state index in [0.29, 0.717) is 12.8 Å². The van der Waals surface area contributed by atoms with Crippen LogP contribution >= 0.6 is 0 Å². The Bertz CT molecular complexity index is 213. The molecule has 0 atom stereocenters. The number of carboxylic acid groups (broad SMARTS) is 1. The quantitative estimate of drug-likeness (QED) is 0.576. The van der Waals surface area contributed by atoms with Gasteiger partial charge in [0.15, 0.2) is 0 Å². The Morgan fingerprint density at radius 3 is 2.70 bits per heavy atom. The molecule has 0 saturated carbocycles. The third-order valence-electron chi connectivity index (χ3n) is 1.40. The van der Waals surface area contributed by atoms with Gasteiger partial charge in [-0.05, 0) is 18.9 Å². The van der Waals surface area contributed by atoms with E-state index < -0.39 is 5.97 Å². The average molecular weight is 140 g/mol. The minimum Gasteiger partial charge on any atom is -0.507 e. The minimum absolute atomic E-state index is 0.112. The van der Waals surface area contributed by atoms with Gasteiger partial charge in [0, 0.05) is 0 Å². The zero-order valence-electron chi connectivity index (χ0n) is 5.37. The van der Waals surface area contributed by atoms with E-state index >= 15 is 0 Å². The monoisotopic (exact) mass is 140 g/mol. The van der Waals surface area contributed by atoms with Crippen molar-refractivity contribution in [2.45, 2.75) is 12.8 Å². The van der Waals surface area contributed by atoms with Crippen LogP contribution in [0.25, 0.3) is 0 Å². The van der Waals surface area contributed by atoms with Crippen molar-refractivity contribution in [3.63, 3.8) is 0 Å². The number of hydrogen-bond acceptors (Lipinski definition) is 2. The standard InChI is InChI=1S/C7H8O3/c8-6-4-2-1-3-5(6)7(9)10/h2,4,8H,1,3H2,(H,9,10). The molecule has 1 rings (SSSR count). The molecule has 0 unspecified atom stereocenters. The second kappa shape index (κ2) is 2.56. The molecule has 0 radical (unpaired) electrons. The van der Waals surface area contributed by atoms with E-state index in [0.717, 1.165) is 0 Å². The van der Waals surface area contributed by atoms with Crippen molar-refractivity contribution in [1.29, 1.82) is 0 Å². The largest absolute Gasteiger partial charge is 0.507 e. The van der Waals surface area contributed by atoms with Gasteiger partial charge in [-0.15, -0.1) is 0 Å². The van der Waals surface area contributed by atoms with Gasteiger partial charge in [0.2, 0.25) is 0 Å². The molecule has 0 saturated heterocycles. The number of aliphatic hydroxyl groups excluding tert-OH is 1. The summed E-state index contributed by atoms with van der Waals surface area (Å²) in [6, 6.07) is 0. The van der Waals surface area contributed by atoms with Crippen molar-refractivity contribution in [2.75, 3.05) is 0 Å². The topological polar surface area (TPSA) is 57.5 Å². The summed E-state index contributed by atoms with van der Waals surface area (Å²) in [5, 5.41) is 17.4. The van der Waals surface area contributed by atoms with Crippen molar-refractivity contribution in [3.05, 3.63) is 23.5 Å². The highest BCUT2D eigenvalue weighted by atomic mass is 16.4. The van der Waals surface area contributed by atoms with Crippen molar-refractivity contribution >= 4 is 5.97 Å². The summed E-state index contributed by atoms with van der Waals surface area (Å²) < 4.78 is 0. The van der Waals surface area contributed by atoms with Crippen LogP contribution in [-0.4, -0.2) is 16.2 Å². The third kappa shape index (κ3) is 1.18. The molecule has 10 heavy (non-hydrogen) atoms. The third-order valence-corrected chi connectivity index (χ3v) is 1.40. The van der Waals surface area contributed by atoms with Crippen molar-refractivity contribution in [3.8, 4) is 0 Å². The first-order valence-electron chi connectivity index (χ1n) is 3.04. The normalized spacial score (nSPS) is 17.6. The lowest BCUT2D eigenvalue weighted by Crippen LogP contribution is -2.05. The molecule has 3 heteroatoms. The van der Waals surface area contributed by atoms with Crippen LogP contribution in [0, 0.1) is 0 Å². The molecule has 0 heterocycles. The van der Waals surface area contributed by atoms with E-state index in [-0.39, 0.29) is 11.3 Å². The lowest BCUT2D eigenvalue weighted by Gasteiger charge is -2.05. The summed E-state index contributed by atoms with van der Waals surface area (Å²) >= 11 is 0. The lowest BCUT2D eigenvalue weighted by atomic mass is 10.0. The van der Waals surface area contributed by atoms with Gasteiger partial charge in [-0.2, -0.15) is 0 Å². The van der Waals surface area contributed by atoms with Crippen molar-refractivity contribution in [1.82, 2.24) is 0 Å². The van der Waals surface area contributed by atoms with Gasteiger partial charge in [-0.1, -0.05) is 6.08 Å². The number of aliphatic carboxylic acids is 1. The summed E-state index contributed by atoms with van der Waals surface area (Å²) in [4.78, 5) is 10.3. The Labute approximate surface area is 58.3 Å². The SMILES string of the molecule is O=C(O)C1=C(O)C=CCC1. The molecule has 3 nitrogen and oxygen atoms in total. The van der Waals surface area contributed by atoms with Crippen LogP contribution in [0.5, 0.6) is 0 Å². The second-order valence-corrected chi connectivity index (χ2v) is 2.11. The molecule has 0 fully saturated rings. The zero-order chi connectivity index (χ0) is 7.56. The summed E-state index contributed by atoms with van der Waals surface area (Å²) in [6.07, 6.45) is 4.30. The molecule has 0 aliphatic heterocycles. The molecule has 54 valence electrons. The summed E-state index contributed by atoms with van der Waals surface area (Å²) in [5.74, 6) is -1.14. The smallest absolute Gasteiger partial charge is 0.335 e. The highest BCUT2D eigenvalue weighted by Crippen LogP contribution is 2.16. The number of carbonyl (C=O) groups is 1. The van der Waals surface area contributed by atoms with E-state index in [4.69, 9.17) is 10.2 Å². The van der Waals surface area contributed by atoms with Gasteiger partial charge >= 0.3 is 5.97 Å². The van der Waals surface area contributed by atoms with Crippen molar-refractivity contribution in [2.24, 2.45) is 0 Å². The average Bonchev–Trinajstić information content (AvgIpc) is 1.88. The molecule has 1 aliphatic rings. The molecule has 0 bridgehead atoms. The maximum atomic E-state index is 10.3. The zero-order valence-corrected chi connectivity index (χ0v) is 5.37. The molecule has 0 aromatic carbocycles. The van der Waals surface area contributed by atoms with Gasteiger partial charge in [-0.25, -0.2) is 4.79 Å². The first-order valence-corrected chi connectivity index (χ1v) is 3.04. The molecule has 0 aromatic heterocycles. The van der Waals surface area contributed by atoms with Crippen LogP contribution in [0.1, 0.15) is 12.8 Å². The molecular weight excluding hydrogens is 132 g/mol. The first kappa shape index (κ1) is 6.86. The second-order valence-electron chi connectivity index (χ2n) is 2.11. The number of allylic oxidation sites excluding steroid dienone is 2. The first-order chi connectivity index (χ1) is 4.72. The van der Waals surface area contributed by atoms with Crippen LogP contribution in [0.3, 0.4) is 0 Å². The van der Waals surface area contributed by atoms with Gasteiger partial charge in [0.05, 0.1) is 5.57 Å². The number of rotatable bonds is 1. The van der Waals surface area contributed by atoms with Crippen LogP contribution in [0.4, 0.5) is 0 Å². The minimum atomic E-state index is -1.03. The van der Waals surface area contributed by atoms with Gasteiger partial charge in [0.25, 0.3) is 0 Å².